The number of aryl methyl sites for hydroxylation is 1. The maximum Gasteiger partial charge on any atom is 0.0693 e. The van der Waals surface area contributed by atoms with Gasteiger partial charge in [-0.05, 0) is 150 Å². The van der Waals surface area contributed by atoms with Crippen LogP contribution < -0.4 is 5.43 Å². The fraction of sp³-hybridized carbons (Fsp3) is 0.811. The van der Waals surface area contributed by atoms with E-state index < -0.39 is 0 Å². The Morgan fingerprint density at radius 2 is 1.61 bits per heavy atom. The van der Waals surface area contributed by atoms with Crippen LogP contribution in [0.2, 0.25) is 0 Å². The number of rotatable bonds is 3. The number of nitrogens with one attached hydrogen (secondary N) is 1. The molecule has 4 saturated carbocycles. The molecule has 1 aromatic carbocycles. The molecular formula is C37H58N2O2. The lowest BCUT2D eigenvalue weighted by molar-refractivity contribution is -0.244. The van der Waals surface area contributed by atoms with E-state index in [1.54, 1.807) is 0 Å². The number of nitrogens with zero attached hydrogens (tertiary/aromatic N) is 1. The van der Waals surface area contributed by atoms with Gasteiger partial charge in [0.25, 0.3) is 0 Å². The smallest absolute Gasteiger partial charge is 0.0693 e. The summed E-state index contributed by atoms with van der Waals surface area (Å²) in [5, 5.41) is 17.2. The zero-order chi connectivity index (χ0) is 29.6. The van der Waals surface area contributed by atoms with E-state index in [-0.39, 0.29) is 39.0 Å². The van der Waals surface area contributed by atoms with Crippen molar-refractivity contribution in [1.29, 1.82) is 0 Å². The third-order valence-electron chi connectivity index (χ3n) is 14.3. The van der Waals surface area contributed by atoms with Crippen LogP contribution in [0.1, 0.15) is 125 Å². The minimum absolute atomic E-state index is 0.0288. The average Bonchev–Trinajstić information content (AvgIpc) is 3.25. The molecule has 9 atom stereocenters. The van der Waals surface area contributed by atoms with Gasteiger partial charge in [-0.25, -0.2) is 0 Å². The van der Waals surface area contributed by atoms with Crippen molar-refractivity contribution in [1.82, 2.24) is 0 Å². The van der Waals surface area contributed by atoms with Crippen LogP contribution in [0.4, 0.5) is 5.69 Å². The number of aliphatic hydroxyl groups is 1. The Morgan fingerprint density at radius 3 is 2.32 bits per heavy atom. The van der Waals surface area contributed by atoms with Crippen LogP contribution in [0, 0.1) is 52.3 Å². The molecule has 4 nitrogen and oxygen atoms in total. The highest BCUT2D eigenvalue weighted by atomic mass is 16.5. The predicted octanol–water partition coefficient (Wildman–Crippen LogP) is 9.16. The summed E-state index contributed by atoms with van der Waals surface area (Å²) in [7, 11) is 0. The molecule has 4 aliphatic carbocycles. The predicted molar refractivity (Wildman–Crippen MR) is 170 cm³/mol. The Hall–Kier alpha value is -1.39. The van der Waals surface area contributed by atoms with E-state index in [0.717, 1.165) is 31.4 Å². The van der Waals surface area contributed by atoms with Crippen LogP contribution in [-0.4, -0.2) is 28.1 Å². The van der Waals surface area contributed by atoms with Crippen molar-refractivity contribution >= 4 is 11.4 Å². The Balaban J connectivity index is 1.29. The van der Waals surface area contributed by atoms with Crippen molar-refractivity contribution in [3.05, 3.63) is 29.8 Å². The van der Waals surface area contributed by atoms with E-state index >= 15 is 0 Å². The number of hydrogen-bond donors (Lipinski definition) is 2. The third kappa shape index (κ3) is 4.39. The van der Waals surface area contributed by atoms with Crippen molar-refractivity contribution in [3.8, 4) is 0 Å². The molecule has 1 heterocycles. The van der Waals surface area contributed by atoms with Gasteiger partial charge in [-0.3, -0.25) is 5.43 Å². The third-order valence-corrected chi connectivity index (χ3v) is 14.3. The summed E-state index contributed by atoms with van der Waals surface area (Å²) in [5.41, 5.74) is 7.48. The highest BCUT2D eigenvalue weighted by Gasteiger charge is 2.71. The number of benzene rings is 1. The first-order valence-electron chi connectivity index (χ1n) is 16.8. The molecule has 5 aliphatic rings. The molecule has 5 fully saturated rings. The van der Waals surface area contributed by atoms with Crippen LogP contribution in [0.15, 0.2) is 29.4 Å². The van der Waals surface area contributed by atoms with E-state index in [9.17, 15) is 5.11 Å². The summed E-state index contributed by atoms with van der Waals surface area (Å²) in [6.45, 7) is 21.8. The minimum atomic E-state index is -0.243. The summed E-state index contributed by atoms with van der Waals surface area (Å²) in [5.74, 6) is 1.88. The first kappa shape index (κ1) is 29.7. The summed E-state index contributed by atoms with van der Waals surface area (Å²) in [4.78, 5) is 0. The molecule has 41 heavy (non-hydrogen) atoms. The SMILES string of the molecule is Cc1cccc(N/N=C2\CC[C@]3(C)[C@H]4C[C@@H](O)[C@@H]5[C@@H]([C@@]6(C)CCCC(C)(C)O6)CC[C@@]5(C)[C@]4(C)CC[C@H]3C2(C)C)c1. The van der Waals surface area contributed by atoms with Gasteiger partial charge in [0.2, 0.25) is 0 Å². The Labute approximate surface area is 250 Å². The second-order valence-electron chi connectivity index (χ2n) is 17.2. The number of hydrogen-bond acceptors (Lipinski definition) is 4. The lowest BCUT2D eigenvalue weighted by Gasteiger charge is -2.70. The molecule has 2 N–H and O–H groups in total. The van der Waals surface area contributed by atoms with Crippen molar-refractivity contribution < 1.29 is 9.84 Å². The van der Waals surface area contributed by atoms with Crippen LogP contribution in [0.25, 0.3) is 0 Å². The van der Waals surface area contributed by atoms with E-state index in [1.807, 2.05) is 0 Å². The average molecular weight is 563 g/mol. The largest absolute Gasteiger partial charge is 0.393 e. The van der Waals surface area contributed by atoms with Gasteiger partial charge in [0.1, 0.15) is 0 Å². The molecule has 1 aliphatic heterocycles. The standard InChI is InChI=1S/C37H58N2O2/c1-24-12-10-13-25(22-24)38-39-30-16-19-34(6)28(33(30,4)5)15-21-35(7)29(34)23-27(40)31-26(14-20-36(31,35)8)37(9)18-11-17-32(2,3)41-37/h10,12-13,22,26-29,31,38,40H,11,14-21,23H2,1-9H3/b39-30+/t26-,27+,28-,29+,31-,34-,35+,36+,37+/m0/s1. The van der Waals surface area contributed by atoms with Crippen LogP contribution in [0.5, 0.6) is 0 Å². The zero-order valence-corrected chi connectivity index (χ0v) is 27.6. The number of ether oxygens (including phenoxy) is 1. The van der Waals surface area contributed by atoms with Gasteiger partial charge in [-0.15, -0.1) is 0 Å². The van der Waals surface area contributed by atoms with Gasteiger partial charge in [0.15, 0.2) is 0 Å². The highest BCUT2D eigenvalue weighted by Crippen LogP contribution is 2.76. The molecule has 4 heteroatoms. The summed E-state index contributed by atoms with van der Waals surface area (Å²) in [6.07, 6.45) is 11.3. The van der Waals surface area contributed by atoms with Crippen LogP contribution >= 0.6 is 0 Å². The van der Waals surface area contributed by atoms with E-state index in [4.69, 9.17) is 9.84 Å². The lowest BCUT2D eigenvalue weighted by atomic mass is 9.35. The molecule has 1 saturated heterocycles. The second-order valence-corrected chi connectivity index (χ2v) is 17.2. The quantitative estimate of drug-likeness (QED) is 0.361. The van der Waals surface area contributed by atoms with E-state index in [0.29, 0.717) is 23.7 Å². The molecule has 6 rings (SSSR count). The minimum Gasteiger partial charge on any atom is -0.393 e. The number of hydrazone groups is 1. The fourth-order valence-corrected chi connectivity index (χ4v) is 12.2. The zero-order valence-electron chi connectivity index (χ0n) is 27.6. The molecule has 228 valence electrons. The van der Waals surface area contributed by atoms with E-state index in [1.165, 1.54) is 49.8 Å². The molecule has 0 unspecified atom stereocenters. The Morgan fingerprint density at radius 1 is 0.878 bits per heavy atom. The van der Waals surface area contributed by atoms with Crippen LogP contribution in [0.3, 0.4) is 0 Å². The highest BCUT2D eigenvalue weighted by molar-refractivity contribution is 5.91. The van der Waals surface area contributed by atoms with Crippen LogP contribution in [-0.2, 0) is 4.74 Å². The second kappa shape index (κ2) is 9.55. The fourth-order valence-electron chi connectivity index (χ4n) is 12.2. The van der Waals surface area contributed by atoms with Crippen molar-refractivity contribution in [3.63, 3.8) is 0 Å². The van der Waals surface area contributed by atoms with Gasteiger partial charge >= 0.3 is 0 Å². The number of anilines is 1. The monoisotopic (exact) mass is 562 g/mol. The molecule has 0 bridgehead atoms. The lowest BCUT2D eigenvalue weighted by Crippen LogP contribution is -2.66. The maximum atomic E-state index is 12.2. The van der Waals surface area contributed by atoms with Gasteiger partial charge < -0.3 is 9.84 Å². The Bertz CT molecular complexity index is 1210. The summed E-state index contributed by atoms with van der Waals surface area (Å²) < 4.78 is 6.93. The van der Waals surface area contributed by atoms with Crippen molar-refractivity contribution in [2.45, 2.75) is 144 Å². The number of fused-ring (bicyclic) bond motifs is 5. The normalized spacial score (nSPS) is 47.8. The van der Waals surface area contributed by atoms with Crippen molar-refractivity contribution in [2.75, 3.05) is 5.43 Å². The Kier molecular flexibility index (Phi) is 6.91. The van der Waals surface area contributed by atoms with E-state index in [2.05, 4.69) is 92.0 Å². The topological polar surface area (TPSA) is 53.9 Å². The first-order valence-corrected chi connectivity index (χ1v) is 16.8. The molecule has 1 aromatic rings. The molecule has 0 spiro atoms. The molecule has 0 radical (unpaired) electrons. The molecular weight excluding hydrogens is 504 g/mol. The van der Waals surface area contributed by atoms with Gasteiger partial charge in [-0.2, -0.15) is 5.10 Å². The van der Waals surface area contributed by atoms with Gasteiger partial charge in [0, 0.05) is 11.1 Å². The molecule has 0 aromatic heterocycles. The maximum absolute atomic E-state index is 12.2. The summed E-state index contributed by atoms with van der Waals surface area (Å²) >= 11 is 0. The first-order chi connectivity index (χ1) is 19.1. The van der Waals surface area contributed by atoms with Gasteiger partial charge in [0.05, 0.1) is 23.0 Å². The van der Waals surface area contributed by atoms with Crippen molar-refractivity contribution in [2.24, 2.45) is 50.4 Å². The molecule has 0 amide bonds. The van der Waals surface area contributed by atoms with Gasteiger partial charge in [-0.1, -0.05) is 46.8 Å². The summed E-state index contributed by atoms with van der Waals surface area (Å²) in [6, 6.07) is 8.51. The number of aliphatic hydroxyl groups excluding tert-OH is 1.